The van der Waals surface area contributed by atoms with Gasteiger partial charge in [-0.1, -0.05) is 89.8 Å². The van der Waals surface area contributed by atoms with Crippen LogP contribution in [-0.2, 0) is 25.7 Å². The summed E-state index contributed by atoms with van der Waals surface area (Å²) >= 11 is 0. The molecule has 0 unspecified atom stereocenters. The molecule has 1 radical (unpaired) electrons. The molecule has 0 saturated heterocycles. The average molecular weight is 802 g/mol. The first-order valence-electron chi connectivity index (χ1n) is 16.2. The van der Waals surface area contributed by atoms with Crippen molar-refractivity contribution in [2.24, 2.45) is 9.98 Å². The van der Waals surface area contributed by atoms with Gasteiger partial charge in [-0.3, -0.25) is 9.98 Å². The molecule has 1 aromatic heterocycles. The summed E-state index contributed by atoms with van der Waals surface area (Å²) in [5, 5.41) is 0. The molecule has 45 heavy (non-hydrogen) atoms. The molecule has 3 nitrogen and oxygen atoms in total. The summed E-state index contributed by atoms with van der Waals surface area (Å²) in [7, 11) is 0. The van der Waals surface area contributed by atoms with Crippen molar-refractivity contribution in [3.63, 3.8) is 0 Å². The quantitative estimate of drug-likeness (QED) is 0.205. The maximum absolute atomic E-state index is 5.27. The third kappa shape index (κ3) is 14.4. The van der Waals surface area contributed by atoms with Crippen molar-refractivity contribution in [3.05, 3.63) is 87.7 Å². The van der Waals surface area contributed by atoms with Crippen LogP contribution in [0.3, 0.4) is 0 Å². The van der Waals surface area contributed by atoms with Crippen LogP contribution in [0.5, 0.6) is 0 Å². The predicted molar refractivity (Wildman–Crippen MR) is 180 cm³/mol. The number of hydrogen-bond acceptors (Lipinski definition) is 3. The van der Waals surface area contributed by atoms with E-state index in [0.717, 1.165) is 59.9 Å². The Morgan fingerprint density at radius 3 is 1.11 bits per heavy atom. The molecule has 0 aliphatic carbocycles. The summed E-state index contributed by atoms with van der Waals surface area (Å²) in [5.41, 5.74) is 12.7. The summed E-state index contributed by atoms with van der Waals surface area (Å²) < 4.78 is 0. The Hall–Kier alpha value is -0.849. The summed E-state index contributed by atoms with van der Waals surface area (Å²) in [6.45, 7) is 15.4. The van der Waals surface area contributed by atoms with Crippen molar-refractivity contribution in [2.45, 2.75) is 126 Å². The molecule has 0 bridgehead atoms. The van der Waals surface area contributed by atoms with Crippen LogP contribution in [0.4, 0.5) is 11.4 Å². The molecular weight excluding hydrogens is 749 g/mol. The SMILES string of the molecule is CCCCc1cccc(CCCC)c1N=C(C)c1cc(C)cc(C(C)=Nc2c(CCCC)cccc2CCCC)n1.[Cl-].[Cl-].[Cl-].[Nd+3]. The standard InChI is InChI=1S/C38H53N3.3ClH.Nd/c1-8-12-18-31-22-16-23-32(19-13-9-2)37(31)39-29(6)35-26-28(5)27-36(41-35)30(7)40-38-33(20-14-10-3)24-17-25-34(38)21-15-11-4;;;;/h16-17,22-27H,8-15,18-21H2,1-7H3;3*1H;/q;;;;+3/p-3. The number of aryl methyl sites for hydroxylation is 5. The van der Waals surface area contributed by atoms with Crippen LogP contribution in [0, 0.1) is 47.8 Å². The van der Waals surface area contributed by atoms with Gasteiger partial charge in [-0.15, -0.1) is 0 Å². The number of benzene rings is 2. The predicted octanol–water partition coefficient (Wildman–Crippen LogP) is 2.05. The first-order valence-corrected chi connectivity index (χ1v) is 16.2. The zero-order chi connectivity index (χ0) is 29.6. The molecule has 0 aliphatic heterocycles. The largest absolute Gasteiger partial charge is 3.00 e. The Labute approximate surface area is 326 Å². The van der Waals surface area contributed by atoms with Crippen molar-refractivity contribution in [2.75, 3.05) is 0 Å². The van der Waals surface area contributed by atoms with E-state index in [1.807, 2.05) is 0 Å². The third-order valence-electron chi connectivity index (χ3n) is 7.88. The maximum atomic E-state index is 5.27. The van der Waals surface area contributed by atoms with Gasteiger partial charge in [0, 0.05) is 0 Å². The molecule has 0 spiro atoms. The second kappa shape index (κ2) is 25.2. The van der Waals surface area contributed by atoms with Gasteiger partial charge in [-0.05, 0) is 112 Å². The summed E-state index contributed by atoms with van der Waals surface area (Å²) in [6, 6.07) is 17.8. The number of hydrogen-bond donors (Lipinski definition) is 0. The van der Waals surface area contributed by atoms with E-state index in [9.17, 15) is 0 Å². The van der Waals surface area contributed by atoms with E-state index < -0.39 is 0 Å². The van der Waals surface area contributed by atoms with Gasteiger partial charge in [0.15, 0.2) is 0 Å². The molecule has 0 N–H and O–H groups in total. The normalized spacial score (nSPS) is 11.2. The first-order chi connectivity index (χ1) is 19.9. The maximum Gasteiger partial charge on any atom is 3.00 e. The fourth-order valence-corrected chi connectivity index (χ4v) is 5.34. The van der Waals surface area contributed by atoms with Crippen LogP contribution in [0.1, 0.15) is 132 Å². The van der Waals surface area contributed by atoms with E-state index in [-0.39, 0.29) is 78.1 Å². The van der Waals surface area contributed by atoms with E-state index in [4.69, 9.17) is 15.0 Å². The molecule has 3 rings (SSSR count). The molecule has 1 heterocycles. The first kappa shape index (κ1) is 46.3. The second-order valence-electron chi connectivity index (χ2n) is 11.6. The van der Waals surface area contributed by atoms with Crippen LogP contribution >= 0.6 is 0 Å². The minimum Gasteiger partial charge on any atom is -1.00 e. The molecule has 0 aliphatic rings. The Balaban J connectivity index is 0. The van der Waals surface area contributed by atoms with Crippen LogP contribution in [0.15, 0.2) is 58.5 Å². The summed E-state index contributed by atoms with van der Waals surface area (Å²) in [6.07, 6.45) is 13.7. The smallest absolute Gasteiger partial charge is 1.00 e. The number of halogens is 3. The minimum atomic E-state index is 0. The van der Waals surface area contributed by atoms with E-state index in [2.05, 4.69) is 97.0 Å². The van der Waals surface area contributed by atoms with Gasteiger partial charge < -0.3 is 37.2 Å². The van der Waals surface area contributed by atoms with Gasteiger partial charge in [0.05, 0.1) is 34.2 Å². The number of unbranched alkanes of at least 4 members (excludes halogenated alkanes) is 4. The van der Waals surface area contributed by atoms with Gasteiger partial charge in [0.1, 0.15) is 0 Å². The van der Waals surface area contributed by atoms with E-state index >= 15 is 0 Å². The van der Waals surface area contributed by atoms with E-state index in [0.29, 0.717) is 0 Å². The topological polar surface area (TPSA) is 37.6 Å². The fraction of sp³-hybridized carbons (Fsp3) is 0.500. The van der Waals surface area contributed by atoms with Crippen LogP contribution in [0.25, 0.3) is 0 Å². The fourth-order valence-electron chi connectivity index (χ4n) is 5.34. The molecule has 2 aromatic carbocycles. The Kier molecular flexibility index (Phi) is 25.9. The molecule has 3 aromatic rings. The minimum absolute atomic E-state index is 0. The van der Waals surface area contributed by atoms with Crippen molar-refractivity contribution in [1.29, 1.82) is 0 Å². The van der Waals surface area contributed by atoms with Gasteiger partial charge >= 0.3 is 40.8 Å². The van der Waals surface area contributed by atoms with E-state index in [1.165, 1.54) is 79.2 Å². The van der Waals surface area contributed by atoms with Crippen molar-refractivity contribution in [3.8, 4) is 0 Å². The van der Waals surface area contributed by atoms with E-state index in [1.54, 1.807) is 0 Å². The Morgan fingerprint density at radius 1 is 0.556 bits per heavy atom. The van der Waals surface area contributed by atoms with Crippen LogP contribution in [0.2, 0.25) is 0 Å². The van der Waals surface area contributed by atoms with Crippen molar-refractivity contribution >= 4 is 22.8 Å². The summed E-state index contributed by atoms with van der Waals surface area (Å²) in [4.78, 5) is 15.7. The van der Waals surface area contributed by atoms with Crippen molar-refractivity contribution in [1.82, 2.24) is 4.98 Å². The molecule has 0 amide bonds. The van der Waals surface area contributed by atoms with Gasteiger partial charge in [-0.2, -0.15) is 0 Å². The Morgan fingerprint density at radius 2 is 0.844 bits per heavy atom. The third-order valence-corrected chi connectivity index (χ3v) is 7.88. The monoisotopic (exact) mass is 798 g/mol. The molecule has 7 heteroatoms. The van der Waals surface area contributed by atoms with Gasteiger partial charge in [0.2, 0.25) is 0 Å². The number of pyridine rings is 1. The number of aliphatic imine (C=N–C) groups is 2. The molecule has 0 atom stereocenters. The molecule has 245 valence electrons. The number of rotatable bonds is 16. The van der Waals surface area contributed by atoms with Gasteiger partial charge in [-0.25, -0.2) is 4.98 Å². The van der Waals surface area contributed by atoms with Crippen LogP contribution in [-0.4, -0.2) is 16.4 Å². The Bertz CT molecular complexity index is 1190. The van der Waals surface area contributed by atoms with Crippen LogP contribution < -0.4 is 37.2 Å². The van der Waals surface area contributed by atoms with Gasteiger partial charge in [0.25, 0.3) is 0 Å². The average Bonchev–Trinajstić information content (AvgIpc) is 2.98. The molecular formula is C38H53Cl3N3Nd. The number of para-hydroxylation sites is 2. The second-order valence-corrected chi connectivity index (χ2v) is 11.6. The van der Waals surface area contributed by atoms with Crippen molar-refractivity contribution < 1.29 is 78.1 Å². The summed E-state index contributed by atoms with van der Waals surface area (Å²) in [5.74, 6) is 0. The number of nitrogens with zero attached hydrogens (tertiary/aromatic N) is 3. The molecule has 0 saturated carbocycles. The zero-order valence-electron chi connectivity index (χ0n) is 28.6. The zero-order valence-corrected chi connectivity index (χ0v) is 34.1. The number of aromatic nitrogens is 1. The molecule has 0 fully saturated rings.